The topological polar surface area (TPSA) is 95.5 Å². The summed E-state index contributed by atoms with van der Waals surface area (Å²) in [6.07, 6.45) is -6.41. The van der Waals surface area contributed by atoms with Crippen LogP contribution in [0.3, 0.4) is 0 Å². The second kappa shape index (κ2) is 8.63. The van der Waals surface area contributed by atoms with Gasteiger partial charge in [0.05, 0.1) is 12.1 Å². The Morgan fingerprint density at radius 3 is 2.27 bits per heavy atom. The third-order valence-corrected chi connectivity index (χ3v) is 3.14. The first-order valence-corrected chi connectivity index (χ1v) is 7.59. The van der Waals surface area contributed by atoms with Crippen LogP contribution in [-0.2, 0) is 9.59 Å². The molecule has 0 aromatic heterocycles. The molecule has 0 spiro atoms. The standard InChI is InChI=1S/C16H18F4N2O4/c1-8(2)5-13(23)21-11-4-3-9(6-10(11)17)14(24)22-12(15(25)26)7-16(18,19)20/h3-4,6,8,12H,5,7H2,1-2H3,(H,21,23)(H,22,24)(H,25,26). The second-order valence-corrected chi connectivity index (χ2v) is 6.02. The molecule has 1 unspecified atom stereocenters. The fourth-order valence-electron chi connectivity index (χ4n) is 2.00. The number of amides is 2. The Balaban J connectivity index is 2.85. The number of carbonyl (C=O) groups excluding carboxylic acids is 2. The molecule has 1 atom stereocenters. The highest BCUT2D eigenvalue weighted by Crippen LogP contribution is 2.22. The Labute approximate surface area is 146 Å². The molecule has 0 aliphatic rings. The lowest BCUT2D eigenvalue weighted by Crippen LogP contribution is -2.43. The van der Waals surface area contributed by atoms with E-state index in [1.165, 1.54) is 0 Å². The molecule has 1 aromatic carbocycles. The van der Waals surface area contributed by atoms with Crippen LogP contribution in [0.2, 0.25) is 0 Å². The molecule has 0 bridgehead atoms. The zero-order valence-corrected chi connectivity index (χ0v) is 14.0. The van der Waals surface area contributed by atoms with Gasteiger partial charge in [-0.3, -0.25) is 9.59 Å². The minimum absolute atomic E-state index is 0.0460. The summed E-state index contributed by atoms with van der Waals surface area (Å²) in [5, 5.41) is 12.8. The quantitative estimate of drug-likeness (QED) is 0.636. The Bertz CT molecular complexity index is 689. The van der Waals surface area contributed by atoms with Crippen molar-refractivity contribution in [2.75, 3.05) is 5.32 Å². The van der Waals surface area contributed by atoms with Crippen LogP contribution < -0.4 is 10.6 Å². The zero-order chi connectivity index (χ0) is 20.1. The molecule has 2 amide bonds. The highest BCUT2D eigenvalue weighted by molar-refractivity contribution is 5.97. The van der Waals surface area contributed by atoms with Gasteiger partial charge in [-0.05, 0) is 24.1 Å². The summed E-state index contributed by atoms with van der Waals surface area (Å²) in [5.74, 6) is -4.41. The van der Waals surface area contributed by atoms with Crippen LogP contribution in [0.15, 0.2) is 18.2 Å². The van der Waals surface area contributed by atoms with E-state index in [0.29, 0.717) is 6.07 Å². The normalized spacial score (nSPS) is 12.6. The van der Waals surface area contributed by atoms with E-state index in [9.17, 15) is 31.9 Å². The Morgan fingerprint density at radius 2 is 1.81 bits per heavy atom. The average Bonchev–Trinajstić information content (AvgIpc) is 2.46. The predicted molar refractivity (Wildman–Crippen MR) is 84.0 cm³/mol. The number of hydrogen-bond acceptors (Lipinski definition) is 3. The monoisotopic (exact) mass is 378 g/mol. The van der Waals surface area contributed by atoms with Crippen molar-refractivity contribution in [3.8, 4) is 0 Å². The van der Waals surface area contributed by atoms with E-state index in [2.05, 4.69) is 5.32 Å². The van der Waals surface area contributed by atoms with Gasteiger partial charge >= 0.3 is 12.1 Å². The van der Waals surface area contributed by atoms with Crippen LogP contribution in [-0.4, -0.2) is 35.1 Å². The van der Waals surface area contributed by atoms with E-state index in [4.69, 9.17) is 5.11 Å². The predicted octanol–water partition coefficient (Wildman–Crippen LogP) is 2.95. The Hall–Kier alpha value is -2.65. The molecule has 0 radical (unpaired) electrons. The number of aliphatic carboxylic acids is 1. The van der Waals surface area contributed by atoms with Crippen LogP contribution >= 0.6 is 0 Å². The maximum atomic E-state index is 14.0. The van der Waals surface area contributed by atoms with Gasteiger partial charge in [0, 0.05) is 12.0 Å². The number of anilines is 1. The number of benzene rings is 1. The molecule has 0 aliphatic heterocycles. The van der Waals surface area contributed by atoms with Crippen LogP contribution in [0, 0.1) is 11.7 Å². The number of carboxylic acids is 1. The maximum Gasteiger partial charge on any atom is 0.391 e. The summed E-state index contributed by atoms with van der Waals surface area (Å²) >= 11 is 0. The molecule has 0 fully saturated rings. The molecule has 1 aromatic rings. The van der Waals surface area contributed by atoms with Crippen LogP contribution in [0.1, 0.15) is 37.0 Å². The molecule has 0 heterocycles. The molecule has 144 valence electrons. The molecule has 26 heavy (non-hydrogen) atoms. The number of carboxylic acid groups (broad SMARTS) is 1. The fourth-order valence-corrected chi connectivity index (χ4v) is 2.00. The number of nitrogens with one attached hydrogen (secondary N) is 2. The lowest BCUT2D eigenvalue weighted by Gasteiger charge is -2.16. The number of halogens is 4. The van der Waals surface area contributed by atoms with Gasteiger partial charge in [0.25, 0.3) is 5.91 Å². The first-order chi connectivity index (χ1) is 11.9. The minimum Gasteiger partial charge on any atom is -0.480 e. The summed E-state index contributed by atoms with van der Waals surface area (Å²) in [7, 11) is 0. The average molecular weight is 378 g/mol. The second-order valence-electron chi connectivity index (χ2n) is 6.02. The van der Waals surface area contributed by atoms with Crippen molar-refractivity contribution in [1.29, 1.82) is 0 Å². The highest BCUT2D eigenvalue weighted by atomic mass is 19.4. The van der Waals surface area contributed by atoms with Crippen molar-refractivity contribution in [2.24, 2.45) is 5.92 Å². The summed E-state index contributed by atoms with van der Waals surface area (Å²) in [5.41, 5.74) is -0.574. The summed E-state index contributed by atoms with van der Waals surface area (Å²) < 4.78 is 51.0. The van der Waals surface area contributed by atoms with Crippen molar-refractivity contribution >= 4 is 23.5 Å². The number of rotatable bonds is 7. The molecule has 0 aliphatic carbocycles. The molecule has 0 saturated heterocycles. The lowest BCUT2D eigenvalue weighted by molar-refractivity contribution is -0.157. The van der Waals surface area contributed by atoms with Crippen LogP contribution in [0.5, 0.6) is 0 Å². The SMILES string of the molecule is CC(C)CC(=O)Nc1ccc(C(=O)NC(CC(F)(F)F)C(=O)O)cc1F. The van der Waals surface area contributed by atoms with Gasteiger partial charge < -0.3 is 15.7 Å². The third-order valence-electron chi connectivity index (χ3n) is 3.14. The molecule has 6 nitrogen and oxygen atoms in total. The zero-order valence-electron chi connectivity index (χ0n) is 14.0. The number of carbonyl (C=O) groups is 3. The van der Waals surface area contributed by atoms with Crippen molar-refractivity contribution in [1.82, 2.24) is 5.32 Å². The first-order valence-electron chi connectivity index (χ1n) is 7.59. The van der Waals surface area contributed by atoms with Crippen molar-refractivity contribution < 1.29 is 37.1 Å². The Kier molecular flexibility index (Phi) is 7.10. The van der Waals surface area contributed by atoms with Gasteiger partial charge in [0.2, 0.25) is 5.91 Å². The maximum absolute atomic E-state index is 14.0. The van der Waals surface area contributed by atoms with Gasteiger partial charge in [0.1, 0.15) is 11.9 Å². The first kappa shape index (κ1) is 21.4. The van der Waals surface area contributed by atoms with E-state index >= 15 is 0 Å². The fraction of sp³-hybridized carbons (Fsp3) is 0.438. The van der Waals surface area contributed by atoms with E-state index in [1.807, 2.05) is 0 Å². The largest absolute Gasteiger partial charge is 0.480 e. The van der Waals surface area contributed by atoms with E-state index in [0.717, 1.165) is 12.1 Å². The number of alkyl halides is 3. The van der Waals surface area contributed by atoms with E-state index in [1.54, 1.807) is 19.2 Å². The Morgan fingerprint density at radius 1 is 1.19 bits per heavy atom. The lowest BCUT2D eigenvalue weighted by atomic mass is 10.1. The van der Waals surface area contributed by atoms with Crippen LogP contribution in [0.25, 0.3) is 0 Å². The smallest absolute Gasteiger partial charge is 0.391 e. The molecular weight excluding hydrogens is 360 g/mol. The molecular formula is C16H18F4N2O4. The summed E-state index contributed by atoms with van der Waals surface area (Å²) in [6.45, 7) is 3.59. The molecule has 3 N–H and O–H groups in total. The summed E-state index contributed by atoms with van der Waals surface area (Å²) in [6, 6.07) is 0.640. The van der Waals surface area contributed by atoms with Gasteiger partial charge in [-0.25, -0.2) is 9.18 Å². The van der Waals surface area contributed by atoms with Crippen molar-refractivity contribution in [3.63, 3.8) is 0 Å². The molecule has 1 rings (SSSR count). The van der Waals surface area contributed by atoms with Gasteiger partial charge in [-0.1, -0.05) is 13.8 Å². The van der Waals surface area contributed by atoms with Gasteiger partial charge in [-0.2, -0.15) is 13.2 Å². The van der Waals surface area contributed by atoms with Crippen molar-refractivity contribution in [3.05, 3.63) is 29.6 Å². The van der Waals surface area contributed by atoms with E-state index in [-0.39, 0.29) is 23.6 Å². The molecule has 0 saturated carbocycles. The van der Waals surface area contributed by atoms with Gasteiger partial charge in [0.15, 0.2) is 0 Å². The van der Waals surface area contributed by atoms with E-state index < -0.39 is 42.2 Å². The van der Waals surface area contributed by atoms with Crippen molar-refractivity contribution in [2.45, 2.75) is 38.9 Å². The minimum atomic E-state index is -4.80. The number of hydrogen-bond donors (Lipinski definition) is 3. The summed E-state index contributed by atoms with van der Waals surface area (Å²) in [4.78, 5) is 34.3. The van der Waals surface area contributed by atoms with Gasteiger partial charge in [-0.15, -0.1) is 0 Å². The third kappa shape index (κ3) is 7.08. The van der Waals surface area contributed by atoms with Crippen LogP contribution in [0.4, 0.5) is 23.2 Å². The molecule has 10 heteroatoms. The highest BCUT2D eigenvalue weighted by Gasteiger charge is 2.36.